The van der Waals surface area contributed by atoms with Crippen molar-refractivity contribution in [2.75, 3.05) is 19.8 Å². The van der Waals surface area contributed by atoms with Crippen LogP contribution in [0, 0.1) is 0 Å². The summed E-state index contributed by atoms with van der Waals surface area (Å²) in [5.74, 6) is 0. The van der Waals surface area contributed by atoms with Crippen LogP contribution in [0.3, 0.4) is 0 Å². The van der Waals surface area contributed by atoms with Crippen LogP contribution in [0.15, 0.2) is 12.7 Å². The first-order valence-electron chi connectivity index (χ1n) is 5.16. The van der Waals surface area contributed by atoms with Gasteiger partial charge in [0.1, 0.15) is 0 Å². The molecule has 2 atom stereocenters. The number of hydrogen-bond donors (Lipinski definition) is 0. The fraction of sp³-hybridized carbons (Fsp3) is 0.778. The monoisotopic (exact) mass is 269 g/mol. The second-order valence-electron chi connectivity index (χ2n) is 2.73. The van der Waals surface area contributed by atoms with Gasteiger partial charge in [-0.25, -0.2) is 0 Å². The first-order valence-corrected chi connectivity index (χ1v) is 8.02. The Balaban J connectivity index is 4.90. The molecule has 0 amide bonds. The predicted molar refractivity (Wildman–Crippen MR) is 64.1 cm³/mol. The van der Waals surface area contributed by atoms with Crippen molar-refractivity contribution in [2.45, 2.75) is 26.2 Å². The molecule has 0 aliphatic rings. The molecule has 2 unspecified atom stereocenters. The van der Waals surface area contributed by atoms with Crippen LogP contribution in [-0.2, 0) is 22.7 Å². The van der Waals surface area contributed by atoms with Crippen LogP contribution in [0.4, 0.5) is 0 Å². The summed E-state index contributed by atoms with van der Waals surface area (Å²) in [7, 11) is -5.58. The smallest absolute Gasteiger partial charge is 0.305 e. The van der Waals surface area contributed by atoms with Crippen molar-refractivity contribution in [3.05, 3.63) is 12.7 Å². The first-order chi connectivity index (χ1) is 7.55. The van der Waals surface area contributed by atoms with E-state index in [1.807, 2.05) is 0 Å². The number of rotatable bonds is 9. The molecule has 0 bridgehead atoms. The van der Waals surface area contributed by atoms with Crippen molar-refractivity contribution >= 4 is 15.6 Å². The predicted octanol–water partition coefficient (Wildman–Crippen LogP) is 3.54. The van der Waals surface area contributed by atoms with Gasteiger partial charge >= 0.3 is 21.0 Å². The van der Waals surface area contributed by atoms with E-state index in [1.165, 1.54) is 6.08 Å². The van der Waals surface area contributed by atoms with E-state index in [9.17, 15) is 9.13 Å². The molecular formula is C9H19O5P2+. The van der Waals surface area contributed by atoms with E-state index in [2.05, 4.69) is 6.58 Å². The van der Waals surface area contributed by atoms with Gasteiger partial charge in [-0.15, -0.1) is 4.52 Å². The molecule has 0 spiro atoms. The van der Waals surface area contributed by atoms with Gasteiger partial charge in [-0.1, -0.05) is 6.58 Å². The zero-order valence-electron chi connectivity index (χ0n) is 9.92. The molecule has 0 heterocycles. The minimum absolute atomic E-state index is 0.219. The van der Waals surface area contributed by atoms with Crippen molar-refractivity contribution in [1.82, 2.24) is 0 Å². The summed E-state index contributed by atoms with van der Waals surface area (Å²) in [6.45, 7) is 9.31. The first kappa shape index (κ1) is 16.0. The highest BCUT2D eigenvalue weighted by Gasteiger charge is 2.49. The van der Waals surface area contributed by atoms with Gasteiger partial charge in [-0.3, -0.25) is 4.57 Å². The van der Waals surface area contributed by atoms with E-state index < -0.39 is 21.0 Å². The fourth-order valence-corrected chi connectivity index (χ4v) is 4.55. The molecule has 0 fully saturated rings. The molecule has 0 aliphatic carbocycles. The second kappa shape index (κ2) is 8.10. The van der Waals surface area contributed by atoms with Gasteiger partial charge in [0, 0.05) is 0 Å². The molecule has 94 valence electrons. The van der Waals surface area contributed by atoms with E-state index in [-0.39, 0.29) is 19.8 Å². The van der Waals surface area contributed by atoms with Crippen LogP contribution < -0.4 is 0 Å². The highest BCUT2D eigenvalue weighted by atomic mass is 31.2. The van der Waals surface area contributed by atoms with Crippen LogP contribution >= 0.6 is 15.6 Å². The normalized spacial score (nSPS) is 14.6. The molecule has 7 heteroatoms. The van der Waals surface area contributed by atoms with Crippen molar-refractivity contribution in [1.29, 1.82) is 0 Å². The largest absolute Gasteiger partial charge is 0.528 e. The summed E-state index contributed by atoms with van der Waals surface area (Å²) >= 11 is 0. The standard InChI is InChI=1S/C9H19O5P2/c1-5-9(15(10)12-6-2)16(11,13-7-3)14-8-4/h5,9H,1,6-8H2,2-4H3/q+1. The van der Waals surface area contributed by atoms with Gasteiger partial charge in [0.05, 0.1) is 19.8 Å². The molecule has 0 aliphatic heterocycles. The fourth-order valence-electron chi connectivity index (χ4n) is 1.08. The average molecular weight is 269 g/mol. The molecule has 0 aromatic heterocycles. The Morgan fingerprint density at radius 1 is 1.25 bits per heavy atom. The lowest BCUT2D eigenvalue weighted by Crippen LogP contribution is -2.08. The summed E-state index contributed by atoms with van der Waals surface area (Å²) in [5.41, 5.74) is 0. The molecule has 0 aromatic rings. The van der Waals surface area contributed by atoms with Gasteiger partial charge < -0.3 is 9.05 Å². The second-order valence-corrected chi connectivity index (χ2v) is 6.67. The van der Waals surface area contributed by atoms with Gasteiger partial charge in [0.15, 0.2) is 0 Å². The molecule has 5 nitrogen and oxygen atoms in total. The lowest BCUT2D eigenvalue weighted by atomic mass is 10.8. The third kappa shape index (κ3) is 4.44. The third-order valence-corrected chi connectivity index (χ3v) is 6.29. The van der Waals surface area contributed by atoms with Gasteiger partial charge in [0.2, 0.25) is 0 Å². The molecule has 0 saturated carbocycles. The minimum atomic E-state index is -3.44. The Hall–Kier alpha value is -0.0500. The van der Waals surface area contributed by atoms with Crippen molar-refractivity contribution in [3.63, 3.8) is 0 Å². The summed E-state index contributed by atoms with van der Waals surface area (Å²) < 4.78 is 39.1. The van der Waals surface area contributed by atoms with Crippen LogP contribution in [0.5, 0.6) is 0 Å². The van der Waals surface area contributed by atoms with Crippen molar-refractivity contribution in [2.24, 2.45) is 0 Å². The topological polar surface area (TPSA) is 61.8 Å². The molecule has 0 radical (unpaired) electrons. The molecule has 0 saturated heterocycles. The Labute approximate surface area is 97.6 Å². The lowest BCUT2D eigenvalue weighted by Gasteiger charge is -2.16. The zero-order chi connectivity index (χ0) is 12.6. The highest BCUT2D eigenvalue weighted by Crippen LogP contribution is 2.61. The van der Waals surface area contributed by atoms with Crippen LogP contribution in [0.2, 0.25) is 0 Å². The van der Waals surface area contributed by atoms with Gasteiger partial charge in [0.25, 0.3) is 0 Å². The third-order valence-electron chi connectivity index (χ3n) is 1.63. The van der Waals surface area contributed by atoms with Crippen LogP contribution in [0.1, 0.15) is 20.8 Å². The van der Waals surface area contributed by atoms with Crippen molar-refractivity contribution < 1.29 is 22.7 Å². The quantitative estimate of drug-likeness (QED) is 0.473. The maximum atomic E-state index is 12.3. The van der Waals surface area contributed by atoms with E-state index >= 15 is 0 Å². The molecular weight excluding hydrogens is 250 g/mol. The van der Waals surface area contributed by atoms with E-state index in [4.69, 9.17) is 13.6 Å². The Bertz CT molecular complexity index is 269. The summed E-state index contributed by atoms with van der Waals surface area (Å²) in [5, 5.41) is -0.914. The molecule has 0 rings (SSSR count). The van der Waals surface area contributed by atoms with Gasteiger partial charge in [-0.2, -0.15) is 0 Å². The maximum absolute atomic E-state index is 12.3. The highest BCUT2D eigenvalue weighted by molar-refractivity contribution is 7.67. The summed E-state index contributed by atoms with van der Waals surface area (Å²) in [4.78, 5) is 0. The Morgan fingerprint density at radius 3 is 2.06 bits per heavy atom. The zero-order valence-corrected chi connectivity index (χ0v) is 11.7. The molecule has 0 N–H and O–H groups in total. The maximum Gasteiger partial charge on any atom is 0.528 e. The SMILES string of the molecule is C=CC([P+](=O)OCC)P(=O)(OCC)OCC. The van der Waals surface area contributed by atoms with Crippen molar-refractivity contribution in [3.8, 4) is 0 Å². The van der Waals surface area contributed by atoms with Crippen LogP contribution in [0.25, 0.3) is 0 Å². The lowest BCUT2D eigenvalue weighted by molar-refractivity contribution is 0.218. The summed E-state index contributed by atoms with van der Waals surface area (Å²) in [6.07, 6.45) is 1.31. The molecule has 0 aromatic carbocycles. The van der Waals surface area contributed by atoms with Crippen LogP contribution in [-0.4, -0.2) is 25.2 Å². The Kier molecular flexibility index (Phi) is 8.08. The van der Waals surface area contributed by atoms with E-state index in [0.717, 1.165) is 0 Å². The number of hydrogen-bond acceptors (Lipinski definition) is 5. The number of allylic oxidation sites excluding steroid dienone is 1. The molecule has 16 heavy (non-hydrogen) atoms. The summed E-state index contributed by atoms with van der Waals surface area (Å²) in [6, 6.07) is 0. The minimum Gasteiger partial charge on any atom is -0.305 e. The van der Waals surface area contributed by atoms with E-state index in [1.54, 1.807) is 20.8 Å². The van der Waals surface area contributed by atoms with E-state index in [0.29, 0.717) is 0 Å². The Morgan fingerprint density at radius 2 is 1.75 bits per heavy atom. The van der Waals surface area contributed by atoms with Gasteiger partial charge in [-0.05, 0) is 31.4 Å². The average Bonchev–Trinajstić information content (AvgIpc) is 2.19.